The number of likely N-dealkylation sites (N-methyl/N-ethyl adjacent to an activating group) is 1. The third-order valence-corrected chi connectivity index (χ3v) is 4.92. The van der Waals surface area contributed by atoms with E-state index in [-0.39, 0.29) is 18.6 Å². The van der Waals surface area contributed by atoms with Gasteiger partial charge in [0.1, 0.15) is 0 Å². The molecule has 0 aliphatic carbocycles. The Balaban J connectivity index is 2.12. The van der Waals surface area contributed by atoms with Gasteiger partial charge in [0.25, 0.3) is 5.91 Å². The summed E-state index contributed by atoms with van der Waals surface area (Å²) in [6.45, 7) is 5.11. The Morgan fingerprint density at radius 2 is 1.70 bits per heavy atom. The minimum atomic E-state index is -0.188. The van der Waals surface area contributed by atoms with Gasteiger partial charge in [-0.15, -0.1) is 0 Å². The van der Waals surface area contributed by atoms with Crippen LogP contribution in [0.2, 0.25) is 0 Å². The van der Waals surface area contributed by atoms with E-state index >= 15 is 0 Å². The number of rotatable bonds is 14. The number of amides is 1. The fourth-order valence-electron chi connectivity index (χ4n) is 2.95. The predicted octanol–water partition coefficient (Wildman–Crippen LogP) is 4.87. The molecule has 1 heterocycles. The van der Waals surface area contributed by atoms with E-state index in [2.05, 4.69) is 12.2 Å². The standard InChI is InChI=1S/C21H35ClN2O3/c1-3-5-6-7-8-9-10-11-12-13-20(25)27-17-24-15-14-19(22)18(16-24)21(26)23-4-2/h14-15H,3-13,16-17H2,1-2H3,(H,23,26). The predicted molar refractivity (Wildman–Crippen MR) is 110 cm³/mol. The van der Waals surface area contributed by atoms with Crippen molar-refractivity contribution in [2.75, 3.05) is 19.8 Å². The van der Waals surface area contributed by atoms with Gasteiger partial charge in [-0.25, -0.2) is 0 Å². The summed E-state index contributed by atoms with van der Waals surface area (Å²) in [5.41, 5.74) is 0.496. The quantitative estimate of drug-likeness (QED) is 0.335. The monoisotopic (exact) mass is 398 g/mol. The lowest BCUT2D eigenvalue weighted by Gasteiger charge is -2.24. The minimum absolute atomic E-state index is 0.139. The number of hydrogen-bond donors (Lipinski definition) is 1. The molecule has 0 atom stereocenters. The second-order valence-corrected chi connectivity index (χ2v) is 7.38. The topological polar surface area (TPSA) is 58.6 Å². The molecule has 0 aromatic heterocycles. The maximum Gasteiger partial charge on any atom is 0.307 e. The number of nitrogens with one attached hydrogen (secondary N) is 1. The number of hydrogen-bond acceptors (Lipinski definition) is 4. The van der Waals surface area contributed by atoms with Crippen molar-refractivity contribution in [2.45, 2.75) is 78.1 Å². The summed E-state index contributed by atoms with van der Waals surface area (Å²) in [5, 5.41) is 3.17. The average Bonchev–Trinajstić information content (AvgIpc) is 2.66. The van der Waals surface area contributed by atoms with Crippen molar-refractivity contribution in [3.63, 3.8) is 0 Å². The molecule has 6 heteroatoms. The second-order valence-electron chi connectivity index (χ2n) is 6.97. The Morgan fingerprint density at radius 3 is 2.33 bits per heavy atom. The van der Waals surface area contributed by atoms with Gasteiger partial charge in [0.15, 0.2) is 6.73 Å². The van der Waals surface area contributed by atoms with Crippen LogP contribution >= 0.6 is 11.6 Å². The molecule has 0 radical (unpaired) electrons. The first kappa shape index (κ1) is 23.5. The van der Waals surface area contributed by atoms with Crippen LogP contribution in [-0.2, 0) is 14.3 Å². The molecule has 0 aromatic rings. The van der Waals surface area contributed by atoms with E-state index in [9.17, 15) is 9.59 Å². The van der Waals surface area contributed by atoms with Gasteiger partial charge in [-0.2, -0.15) is 0 Å². The van der Waals surface area contributed by atoms with Crippen molar-refractivity contribution in [3.05, 3.63) is 22.9 Å². The zero-order chi connectivity index (χ0) is 19.9. The maximum absolute atomic E-state index is 12.0. The van der Waals surface area contributed by atoms with Gasteiger partial charge in [-0.3, -0.25) is 9.59 Å². The summed E-state index contributed by atoms with van der Waals surface area (Å²) >= 11 is 6.08. The summed E-state index contributed by atoms with van der Waals surface area (Å²) in [4.78, 5) is 25.6. The molecule has 1 aliphatic heterocycles. The SMILES string of the molecule is CCCCCCCCCCCC(=O)OCN1C=CC(Cl)=C(C(=O)NCC)C1. The molecule has 0 spiro atoms. The van der Waals surface area contributed by atoms with E-state index in [0.29, 0.717) is 30.1 Å². The summed E-state index contributed by atoms with van der Waals surface area (Å²) in [6, 6.07) is 0. The third-order valence-electron chi connectivity index (χ3n) is 4.57. The first-order valence-electron chi connectivity index (χ1n) is 10.3. The number of ether oxygens (including phenoxy) is 1. The highest BCUT2D eigenvalue weighted by Crippen LogP contribution is 2.19. The molecule has 0 bridgehead atoms. The van der Waals surface area contributed by atoms with Gasteiger partial charge in [-0.1, -0.05) is 69.9 Å². The lowest BCUT2D eigenvalue weighted by atomic mass is 10.1. The highest BCUT2D eigenvalue weighted by Gasteiger charge is 2.19. The van der Waals surface area contributed by atoms with E-state index in [1.54, 1.807) is 17.2 Å². The number of esters is 1. The Bertz CT molecular complexity index is 518. The molecule has 0 aromatic carbocycles. The number of nitrogens with zero attached hydrogens (tertiary/aromatic N) is 1. The van der Waals surface area contributed by atoms with Crippen molar-refractivity contribution >= 4 is 23.5 Å². The normalized spacial score (nSPS) is 13.8. The van der Waals surface area contributed by atoms with Gasteiger partial charge in [0.05, 0.1) is 17.2 Å². The van der Waals surface area contributed by atoms with Gasteiger partial charge >= 0.3 is 5.97 Å². The average molecular weight is 399 g/mol. The molecule has 1 aliphatic rings. The Labute approximate surface area is 169 Å². The Morgan fingerprint density at radius 1 is 1.07 bits per heavy atom. The van der Waals surface area contributed by atoms with E-state index < -0.39 is 0 Å². The van der Waals surface area contributed by atoms with E-state index in [1.165, 1.54) is 44.9 Å². The number of unbranched alkanes of at least 4 members (excludes halogenated alkanes) is 8. The smallest absolute Gasteiger partial charge is 0.307 e. The second kappa shape index (κ2) is 14.6. The number of carbonyl (C=O) groups is 2. The fraction of sp³-hybridized carbons (Fsp3) is 0.714. The number of carbonyl (C=O) groups excluding carboxylic acids is 2. The maximum atomic E-state index is 12.0. The van der Waals surface area contributed by atoms with Crippen molar-refractivity contribution in [1.29, 1.82) is 0 Å². The zero-order valence-corrected chi connectivity index (χ0v) is 17.7. The zero-order valence-electron chi connectivity index (χ0n) is 16.9. The molecule has 0 saturated carbocycles. The number of halogens is 1. The summed E-state index contributed by atoms with van der Waals surface area (Å²) in [6.07, 6.45) is 14.8. The van der Waals surface area contributed by atoms with Crippen LogP contribution in [0.1, 0.15) is 78.1 Å². The fourth-order valence-corrected chi connectivity index (χ4v) is 3.15. The molecule has 0 unspecified atom stereocenters. The third kappa shape index (κ3) is 10.4. The van der Waals surface area contributed by atoms with Gasteiger partial charge in [0.2, 0.25) is 0 Å². The molecular formula is C21H35ClN2O3. The van der Waals surface area contributed by atoms with Crippen molar-refractivity contribution < 1.29 is 14.3 Å². The molecule has 27 heavy (non-hydrogen) atoms. The minimum Gasteiger partial charge on any atom is -0.444 e. The van der Waals surface area contributed by atoms with Gasteiger partial charge in [-0.05, 0) is 19.4 Å². The molecule has 0 fully saturated rings. The van der Waals surface area contributed by atoms with Crippen LogP contribution in [0.4, 0.5) is 0 Å². The molecule has 1 amide bonds. The van der Waals surface area contributed by atoms with E-state index in [1.807, 2.05) is 6.92 Å². The summed E-state index contributed by atoms with van der Waals surface area (Å²) < 4.78 is 5.32. The van der Waals surface area contributed by atoms with E-state index in [4.69, 9.17) is 16.3 Å². The van der Waals surface area contributed by atoms with Crippen molar-refractivity contribution in [1.82, 2.24) is 10.2 Å². The Hall–Kier alpha value is -1.49. The van der Waals surface area contributed by atoms with Crippen LogP contribution in [-0.4, -0.2) is 36.6 Å². The molecule has 154 valence electrons. The van der Waals surface area contributed by atoms with Crippen LogP contribution < -0.4 is 5.32 Å². The van der Waals surface area contributed by atoms with Crippen LogP contribution in [0.5, 0.6) is 0 Å². The summed E-state index contributed by atoms with van der Waals surface area (Å²) in [7, 11) is 0. The first-order chi connectivity index (χ1) is 13.1. The largest absolute Gasteiger partial charge is 0.444 e. The lowest BCUT2D eigenvalue weighted by molar-refractivity contribution is -0.147. The van der Waals surface area contributed by atoms with Crippen LogP contribution in [0.25, 0.3) is 0 Å². The molecule has 5 nitrogen and oxygen atoms in total. The lowest BCUT2D eigenvalue weighted by Crippen LogP contribution is -2.34. The Kier molecular flexibility index (Phi) is 12.7. The van der Waals surface area contributed by atoms with Crippen molar-refractivity contribution in [2.24, 2.45) is 0 Å². The van der Waals surface area contributed by atoms with Crippen LogP contribution in [0.15, 0.2) is 22.9 Å². The molecular weight excluding hydrogens is 364 g/mol. The highest BCUT2D eigenvalue weighted by atomic mass is 35.5. The first-order valence-corrected chi connectivity index (χ1v) is 10.7. The van der Waals surface area contributed by atoms with Crippen LogP contribution in [0, 0.1) is 0 Å². The molecule has 0 saturated heterocycles. The highest BCUT2D eigenvalue weighted by molar-refractivity contribution is 6.33. The molecule has 1 N–H and O–H groups in total. The van der Waals surface area contributed by atoms with E-state index in [0.717, 1.165) is 12.8 Å². The number of allylic oxidation sites excluding steroid dienone is 2. The van der Waals surface area contributed by atoms with Crippen molar-refractivity contribution in [3.8, 4) is 0 Å². The van der Waals surface area contributed by atoms with Gasteiger partial charge < -0.3 is 15.0 Å². The van der Waals surface area contributed by atoms with Crippen LogP contribution in [0.3, 0.4) is 0 Å². The molecule has 1 rings (SSSR count). The van der Waals surface area contributed by atoms with Gasteiger partial charge in [0, 0.05) is 19.2 Å². The summed E-state index contributed by atoms with van der Waals surface area (Å²) in [5.74, 6) is -0.371.